The minimum absolute atomic E-state index is 0.281. The smallest absolute Gasteiger partial charge is 0.155 e. The Kier molecular flexibility index (Phi) is 3.06. The van der Waals surface area contributed by atoms with Crippen LogP contribution >= 0.6 is 0 Å². The van der Waals surface area contributed by atoms with Gasteiger partial charge in [0.05, 0.1) is 0 Å². The summed E-state index contributed by atoms with van der Waals surface area (Å²) in [4.78, 5) is 11.8. The van der Waals surface area contributed by atoms with E-state index in [2.05, 4.69) is 25.5 Å². The van der Waals surface area contributed by atoms with E-state index in [0.717, 1.165) is 25.7 Å². The molecule has 2 fully saturated rings. The monoisotopic (exact) mass is 308 g/mol. The van der Waals surface area contributed by atoms with Gasteiger partial charge in [0.2, 0.25) is 0 Å². The van der Waals surface area contributed by atoms with Gasteiger partial charge in [0.1, 0.15) is 5.60 Å². The molecule has 0 heterocycles. The van der Waals surface area contributed by atoms with Crippen LogP contribution in [0.1, 0.15) is 39.0 Å². The zero-order valence-corrected chi connectivity index (χ0v) is 13.7. The van der Waals surface area contributed by atoms with E-state index in [0.29, 0.717) is 30.1 Å². The maximum absolute atomic E-state index is 11.8. The lowest BCUT2D eigenvalue weighted by atomic mass is 9.49. The van der Waals surface area contributed by atoms with Crippen LogP contribution in [0.15, 0.2) is 36.0 Å². The van der Waals surface area contributed by atoms with Crippen LogP contribution in [0.25, 0.3) is 0 Å². The van der Waals surface area contributed by atoms with E-state index >= 15 is 0 Å². The fourth-order valence-electron chi connectivity index (χ4n) is 5.91. The number of carbonyl (C=O) groups excluding carboxylic acids is 1. The van der Waals surface area contributed by atoms with Gasteiger partial charge >= 0.3 is 0 Å². The lowest BCUT2D eigenvalue weighted by Crippen LogP contribution is -2.53. The van der Waals surface area contributed by atoms with Gasteiger partial charge in [-0.1, -0.05) is 36.6 Å². The summed E-state index contributed by atoms with van der Waals surface area (Å²) in [5.41, 5.74) is 1.05. The van der Waals surface area contributed by atoms with Crippen molar-refractivity contribution in [2.75, 3.05) is 0 Å². The molecule has 120 valence electrons. The van der Waals surface area contributed by atoms with E-state index in [1.54, 1.807) is 0 Å². The van der Waals surface area contributed by atoms with Gasteiger partial charge < -0.3 is 5.11 Å². The summed E-state index contributed by atoms with van der Waals surface area (Å²) in [5.74, 6) is 4.60. The highest BCUT2D eigenvalue weighted by molar-refractivity contribution is 5.91. The minimum atomic E-state index is -1.16. The predicted molar refractivity (Wildman–Crippen MR) is 90.3 cm³/mol. The molecule has 0 amide bonds. The van der Waals surface area contributed by atoms with Gasteiger partial charge in [0.25, 0.3) is 0 Å². The number of fused-ring (bicyclic) bond motifs is 5. The number of aliphatic hydroxyl groups is 1. The second-order valence-electron chi connectivity index (χ2n) is 8.11. The summed E-state index contributed by atoms with van der Waals surface area (Å²) >= 11 is 0. The zero-order chi connectivity index (χ0) is 16.4. The summed E-state index contributed by atoms with van der Waals surface area (Å²) in [6.07, 6.45) is 16.0. The molecule has 6 atom stereocenters. The zero-order valence-electron chi connectivity index (χ0n) is 13.7. The highest BCUT2D eigenvalue weighted by atomic mass is 16.3. The molecule has 0 bridgehead atoms. The maximum atomic E-state index is 11.8. The Morgan fingerprint density at radius 1 is 1.39 bits per heavy atom. The topological polar surface area (TPSA) is 37.3 Å². The molecule has 4 rings (SSSR count). The maximum Gasteiger partial charge on any atom is 0.155 e. The lowest BCUT2D eigenvalue weighted by molar-refractivity contribution is -0.115. The van der Waals surface area contributed by atoms with Crippen LogP contribution in [0.5, 0.6) is 0 Å². The second-order valence-corrected chi connectivity index (χ2v) is 8.11. The van der Waals surface area contributed by atoms with Crippen molar-refractivity contribution in [3.05, 3.63) is 36.0 Å². The number of hydrogen-bond acceptors (Lipinski definition) is 2. The van der Waals surface area contributed by atoms with Crippen LogP contribution in [-0.4, -0.2) is 16.5 Å². The van der Waals surface area contributed by atoms with Crippen LogP contribution in [0, 0.1) is 41.4 Å². The van der Waals surface area contributed by atoms with Crippen molar-refractivity contribution < 1.29 is 9.90 Å². The molecule has 2 heteroatoms. The average molecular weight is 308 g/mol. The Bertz CT molecular complexity index is 691. The van der Waals surface area contributed by atoms with E-state index in [9.17, 15) is 9.90 Å². The lowest BCUT2D eigenvalue weighted by Gasteiger charge is -2.55. The van der Waals surface area contributed by atoms with Crippen LogP contribution in [0.2, 0.25) is 0 Å². The fourth-order valence-corrected chi connectivity index (χ4v) is 5.91. The van der Waals surface area contributed by atoms with Gasteiger partial charge in [-0.25, -0.2) is 0 Å². The molecule has 1 N–H and O–H groups in total. The summed E-state index contributed by atoms with van der Waals surface area (Å²) in [7, 11) is 0. The van der Waals surface area contributed by atoms with E-state index in [1.165, 1.54) is 11.1 Å². The van der Waals surface area contributed by atoms with Crippen molar-refractivity contribution in [1.82, 2.24) is 0 Å². The third-order valence-electron chi connectivity index (χ3n) is 7.08. The van der Waals surface area contributed by atoms with Crippen molar-refractivity contribution in [2.45, 2.75) is 44.6 Å². The van der Waals surface area contributed by atoms with Gasteiger partial charge in [-0.3, -0.25) is 4.79 Å². The third kappa shape index (κ3) is 1.83. The van der Waals surface area contributed by atoms with E-state index in [1.807, 2.05) is 12.2 Å². The van der Waals surface area contributed by atoms with Crippen molar-refractivity contribution >= 4 is 5.78 Å². The molecule has 2 saturated carbocycles. The van der Waals surface area contributed by atoms with Gasteiger partial charge in [0, 0.05) is 11.8 Å². The van der Waals surface area contributed by atoms with Crippen LogP contribution < -0.4 is 0 Å². The molecule has 0 spiro atoms. The third-order valence-corrected chi connectivity index (χ3v) is 7.08. The fraction of sp³-hybridized carbons (Fsp3) is 0.571. The first-order valence-corrected chi connectivity index (χ1v) is 8.70. The van der Waals surface area contributed by atoms with Crippen molar-refractivity contribution in [1.29, 1.82) is 0 Å². The molecule has 0 saturated heterocycles. The molecule has 0 aliphatic heterocycles. The first-order chi connectivity index (χ1) is 10.9. The highest BCUT2D eigenvalue weighted by Gasteiger charge is 2.60. The molecule has 23 heavy (non-hydrogen) atoms. The molecule has 4 aliphatic rings. The number of ketones is 1. The number of terminal acetylenes is 1. The summed E-state index contributed by atoms with van der Waals surface area (Å²) in [6.45, 7) is 6.51. The van der Waals surface area contributed by atoms with E-state index in [4.69, 9.17) is 6.42 Å². The summed E-state index contributed by atoms with van der Waals surface area (Å²) < 4.78 is 0. The molecule has 4 aliphatic carbocycles. The Labute approximate surface area is 138 Å². The normalized spacial score (nSPS) is 48.1. The van der Waals surface area contributed by atoms with E-state index in [-0.39, 0.29) is 11.2 Å². The Balaban J connectivity index is 1.73. The molecule has 0 aromatic carbocycles. The Morgan fingerprint density at radius 2 is 2.17 bits per heavy atom. The summed E-state index contributed by atoms with van der Waals surface area (Å²) in [6, 6.07) is 0. The van der Waals surface area contributed by atoms with Crippen LogP contribution in [-0.2, 0) is 4.79 Å². The highest BCUT2D eigenvalue weighted by Crippen LogP contribution is 2.63. The molecule has 2 nitrogen and oxygen atoms in total. The first-order valence-electron chi connectivity index (χ1n) is 8.70. The standard InChI is InChI=1S/C21H24O2/c1-4-21(23)10-9-18-17-7-5-14-11-15(22)6-8-16(14)19(17)13(2)12-20(18,21)3/h1,9-11,16-19,23H,2,5-8,12H2,3H3/t16-,17-,18?,19?,20-,21-/m0/s1. The first kappa shape index (κ1) is 15.0. The molecular weight excluding hydrogens is 284 g/mol. The number of allylic oxidation sites excluding steroid dienone is 4. The molecule has 0 aromatic rings. The largest absolute Gasteiger partial charge is 0.373 e. The van der Waals surface area contributed by atoms with Crippen molar-refractivity contribution in [3.63, 3.8) is 0 Å². The van der Waals surface area contributed by atoms with E-state index < -0.39 is 5.60 Å². The molecular formula is C21H24O2. The van der Waals surface area contributed by atoms with Gasteiger partial charge in [0.15, 0.2) is 5.78 Å². The van der Waals surface area contributed by atoms with Crippen molar-refractivity contribution in [3.8, 4) is 12.3 Å². The molecule has 0 aromatic heterocycles. The Morgan fingerprint density at radius 3 is 2.91 bits per heavy atom. The van der Waals surface area contributed by atoms with Crippen molar-refractivity contribution in [2.24, 2.45) is 29.1 Å². The van der Waals surface area contributed by atoms with Gasteiger partial charge in [-0.05, 0) is 61.5 Å². The SMILES string of the molecule is C#C[C@]1(O)C=CC2[C@@H]3CCC4=CC(=O)CC[C@@H]4C3C(=C)C[C@@]21C. The predicted octanol–water partition coefficient (Wildman–Crippen LogP) is 3.43. The molecule has 0 radical (unpaired) electrons. The van der Waals surface area contributed by atoms with Crippen LogP contribution in [0.4, 0.5) is 0 Å². The van der Waals surface area contributed by atoms with Crippen LogP contribution in [0.3, 0.4) is 0 Å². The molecule has 2 unspecified atom stereocenters. The number of hydrogen-bond donors (Lipinski definition) is 1. The van der Waals surface area contributed by atoms with Gasteiger partial charge in [-0.15, -0.1) is 6.42 Å². The minimum Gasteiger partial charge on any atom is -0.373 e. The number of rotatable bonds is 0. The average Bonchev–Trinajstić information content (AvgIpc) is 2.78. The number of carbonyl (C=O) groups is 1. The second kappa shape index (κ2) is 4.71. The quantitative estimate of drug-likeness (QED) is 0.550. The Hall–Kier alpha value is -1.59. The summed E-state index contributed by atoms with van der Waals surface area (Å²) in [5, 5.41) is 10.9. The van der Waals surface area contributed by atoms with Gasteiger partial charge in [-0.2, -0.15) is 0 Å².